The van der Waals surface area contributed by atoms with Gasteiger partial charge in [-0.1, -0.05) is 49.7 Å². The lowest BCUT2D eigenvalue weighted by molar-refractivity contribution is 0.0556. The van der Waals surface area contributed by atoms with Crippen LogP contribution >= 0.6 is 11.6 Å². The Labute approximate surface area is 131 Å². The van der Waals surface area contributed by atoms with Crippen molar-refractivity contribution in [2.24, 2.45) is 7.05 Å². The molecule has 1 N–H and O–H groups in total. The normalized spacial score (nSPS) is 14.2. The summed E-state index contributed by atoms with van der Waals surface area (Å²) in [6.45, 7) is 5.97. The summed E-state index contributed by atoms with van der Waals surface area (Å²) in [6.07, 6.45) is 2.23. The molecule has 4 heteroatoms. The van der Waals surface area contributed by atoms with Crippen molar-refractivity contribution in [3.05, 3.63) is 51.8 Å². The largest absolute Gasteiger partial charge is 0.385 e. The van der Waals surface area contributed by atoms with Crippen LogP contribution in [0.4, 0.5) is 0 Å². The molecule has 1 atom stereocenters. The highest BCUT2D eigenvalue weighted by atomic mass is 35.5. The maximum Gasteiger partial charge on any atom is 0.0924 e. The topological polar surface area (TPSA) is 38.1 Å². The maximum absolute atomic E-state index is 10.8. The number of aliphatic hydroxyl groups is 1. The number of hydrogen-bond donors (Lipinski definition) is 1. The van der Waals surface area contributed by atoms with Gasteiger partial charge < -0.3 is 5.11 Å². The second kappa shape index (κ2) is 6.20. The third-order valence-corrected chi connectivity index (χ3v) is 4.43. The molecule has 114 valence electrons. The molecule has 1 aromatic carbocycles. The van der Waals surface area contributed by atoms with Gasteiger partial charge in [0.05, 0.1) is 22.0 Å². The number of aromatic nitrogens is 2. The van der Waals surface area contributed by atoms with Crippen molar-refractivity contribution in [1.82, 2.24) is 9.78 Å². The standard InChI is InChI=1S/C17H23ClN2O/c1-5-12-7-9-13(10-8-12)17(3,21)11-15-16(18)14(6-2)19-20(15)4/h7-10,21H,5-6,11H2,1-4H3. The highest BCUT2D eigenvalue weighted by Gasteiger charge is 2.27. The molecule has 0 aliphatic heterocycles. The van der Waals surface area contributed by atoms with Gasteiger partial charge >= 0.3 is 0 Å². The summed E-state index contributed by atoms with van der Waals surface area (Å²) in [5.74, 6) is 0. The minimum absolute atomic E-state index is 0.445. The predicted molar refractivity (Wildman–Crippen MR) is 86.7 cm³/mol. The summed E-state index contributed by atoms with van der Waals surface area (Å²) < 4.78 is 1.77. The fourth-order valence-corrected chi connectivity index (χ4v) is 2.90. The fraction of sp³-hybridized carbons (Fsp3) is 0.471. The van der Waals surface area contributed by atoms with Gasteiger partial charge in [0.2, 0.25) is 0 Å². The van der Waals surface area contributed by atoms with E-state index in [-0.39, 0.29) is 0 Å². The van der Waals surface area contributed by atoms with Crippen LogP contribution in [0.1, 0.15) is 43.3 Å². The van der Waals surface area contributed by atoms with Gasteiger partial charge in [0, 0.05) is 13.5 Å². The van der Waals surface area contributed by atoms with Crippen LogP contribution in [-0.4, -0.2) is 14.9 Å². The van der Waals surface area contributed by atoms with Gasteiger partial charge in [-0.2, -0.15) is 5.10 Å². The van der Waals surface area contributed by atoms with E-state index < -0.39 is 5.60 Å². The van der Waals surface area contributed by atoms with E-state index in [9.17, 15) is 5.11 Å². The van der Waals surface area contributed by atoms with E-state index in [4.69, 9.17) is 11.6 Å². The lowest BCUT2D eigenvalue weighted by atomic mass is 9.90. The van der Waals surface area contributed by atoms with Crippen molar-refractivity contribution in [3.63, 3.8) is 0 Å². The Bertz CT molecular complexity index is 614. The van der Waals surface area contributed by atoms with E-state index >= 15 is 0 Å². The van der Waals surface area contributed by atoms with Gasteiger partial charge in [-0.15, -0.1) is 0 Å². The van der Waals surface area contributed by atoms with E-state index in [2.05, 4.69) is 24.2 Å². The molecule has 1 heterocycles. The summed E-state index contributed by atoms with van der Waals surface area (Å²) in [5.41, 5.74) is 2.95. The average Bonchev–Trinajstić information content (AvgIpc) is 2.74. The van der Waals surface area contributed by atoms with Crippen LogP contribution in [0.5, 0.6) is 0 Å². The second-order valence-corrected chi connectivity index (χ2v) is 6.06. The van der Waals surface area contributed by atoms with Crippen molar-refractivity contribution < 1.29 is 5.11 Å². The maximum atomic E-state index is 10.8. The summed E-state index contributed by atoms with van der Waals surface area (Å²) in [4.78, 5) is 0. The second-order valence-electron chi connectivity index (χ2n) is 5.69. The number of halogens is 1. The van der Waals surface area contributed by atoms with E-state index in [0.29, 0.717) is 11.4 Å². The molecule has 0 aliphatic carbocycles. The summed E-state index contributed by atoms with van der Waals surface area (Å²) in [5, 5.41) is 15.9. The molecule has 0 fully saturated rings. The number of aryl methyl sites for hydroxylation is 3. The smallest absolute Gasteiger partial charge is 0.0924 e. The Kier molecular flexibility index (Phi) is 4.74. The molecular formula is C17H23ClN2O. The molecule has 0 saturated heterocycles. The van der Waals surface area contributed by atoms with Gasteiger partial charge in [-0.05, 0) is 30.9 Å². The van der Waals surface area contributed by atoms with Crippen molar-refractivity contribution in [3.8, 4) is 0 Å². The minimum atomic E-state index is -0.964. The minimum Gasteiger partial charge on any atom is -0.385 e. The third kappa shape index (κ3) is 3.30. The summed E-state index contributed by atoms with van der Waals surface area (Å²) in [7, 11) is 1.87. The van der Waals surface area contributed by atoms with Crippen LogP contribution in [0.15, 0.2) is 24.3 Å². The zero-order valence-corrected chi connectivity index (χ0v) is 13.9. The van der Waals surface area contributed by atoms with Crippen molar-refractivity contribution >= 4 is 11.6 Å². The van der Waals surface area contributed by atoms with E-state index in [0.717, 1.165) is 29.8 Å². The first kappa shape index (κ1) is 16.1. The number of benzene rings is 1. The summed E-state index contributed by atoms with van der Waals surface area (Å²) >= 11 is 6.38. The SMILES string of the molecule is CCc1ccc(C(C)(O)Cc2c(Cl)c(CC)nn2C)cc1. The average molecular weight is 307 g/mol. The Balaban J connectivity index is 2.29. The molecule has 0 saturated carbocycles. The molecule has 0 amide bonds. The summed E-state index contributed by atoms with van der Waals surface area (Å²) in [6, 6.07) is 8.10. The Morgan fingerprint density at radius 2 is 1.81 bits per heavy atom. The molecule has 2 aromatic rings. The first-order chi connectivity index (χ1) is 9.89. The Morgan fingerprint density at radius 3 is 2.29 bits per heavy atom. The number of hydrogen-bond acceptors (Lipinski definition) is 2. The lowest BCUT2D eigenvalue weighted by Gasteiger charge is -2.24. The van der Waals surface area contributed by atoms with Gasteiger partial charge in [0.1, 0.15) is 0 Å². The van der Waals surface area contributed by atoms with Gasteiger partial charge in [0.15, 0.2) is 0 Å². The molecule has 0 radical (unpaired) electrons. The van der Waals surface area contributed by atoms with E-state index in [1.165, 1.54) is 5.56 Å². The van der Waals surface area contributed by atoms with Gasteiger partial charge in [0.25, 0.3) is 0 Å². The molecule has 2 rings (SSSR count). The fourth-order valence-electron chi connectivity index (χ4n) is 2.54. The third-order valence-electron chi connectivity index (χ3n) is 4.00. The van der Waals surface area contributed by atoms with Crippen LogP contribution in [0.25, 0.3) is 0 Å². The number of rotatable bonds is 5. The van der Waals surface area contributed by atoms with Crippen molar-refractivity contribution in [2.75, 3.05) is 0 Å². The first-order valence-electron chi connectivity index (χ1n) is 7.41. The number of nitrogens with zero attached hydrogens (tertiary/aromatic N) is 2. The molecular weight excluding hydrogens is 284 g/mol. The predicted octanol–water partition coefficient (Wildman–Crippen LogP) is 3.65. The van der Waals surface area contributed by atoms with Crippen molar-refractivity contribution in [2.45, 2.75) is 45.6 Å². The highest BCUT2D eigenvalue weighted by molar-refractivity contribution is 6.31. The zero-order valence-electron chi connectivity index (χ0n) is 13.2. The molecule has 3 nitrogen and oxygen atoms in total. The van der Waals surface area contributed by atoms with Gasteiger partial charge in [-0.3, -0.25) is 4.68 Å². The molecule has 21 heavy (non-hydrogen) atoms. The quantitative estimate of drug-likeness (QED) is 0.915. The Hall–Kier alpha value is -1.32. The molecule has 1 aromatic heterocycles. The zero-order chi connectivity index (χ0) is 15.6. The highest BCUT2D eigenvalue weighted by Crippen LogP contribution is 2.30. The molecule has 0 spiro atoms. The first-order valence-corrected chi connectivity index (χ1v) is 7.78. The van der Waals surface area contributed by atoms with E-state index in [1.807, 2.05) is 33.0 Å². The van der Waals surface area contributed by atoms with Crippen LogP contribution in [0.2, 0.25) is 5.02 Å². The van der Waals surface area contributed by atoms with E-state index in [1.54, 1.807) is 4.68 Å². The van der Waals surface area contributed by atoms with Crippen LogP contribution in [0, 0.1) is 0 Å². The Morgan fingerprint density at radius 1 is 1.19 bits per heavy atom. The molecule has 0 bridgehead atoms. The van der Waals surface area contributed by atoms with Crippen LogP contribution in [-0.2, 0) is 31.9 Å². The monoisotopic (exact) mass is 306 g/mol. The van der Waals surface area contributed by atoms with Crippen LogP contribution in [0.3, 0.4) is 0 Å². The molecule has 0 aliphatic rings. The molecule has 1 unspecified atom stereocenters. The van der Waals surface area contributed by atoms with Crippen molar-refractivity contribution in [1.29, 1.82) is 0 Å². The lowest BCUT2D eigenvalue weighted by Crippen LogP contribution is -2.25. The van der Waals surface area contributed by atoms with Crippen LogP contribution < -0.4 is 0 Å². The van der Waals surface area contributed by atoms with Gasteiger partial charge in [-0.25, -0.2) is 0 Å².